The van der Waals surface area contributed by atoms with Gasteiger partial charge in [0.1, 0.15) is 16.4 Å². The molecular formula is C13H12F3N3S2. The molecule has 0 bridgehead atoms. The topological polar surface area (TPSA) is 38.7 Å². The summed E-state index contributed by atoms with van der Waals surface area (Å²) < 4.78 is 36.4. The van der Waals surface area contributed by atoms with E-state index in [9.17, 15) is 13.2 Å². The lowest BCUT2D eigenvalue weighted by atomic mass is 10.3. The van der Waals surface area contributed by atoms with E-state index in [1.807, 2.05) is 19.1 Å². The Morgan fingerprint density at radius 1 is 1.10 bits per heavy atom. The zero-order valence-corrected chi connectivity index (χ0v) is 12.7. The molecule has 0 N–H and O–H groups in total. The molecule has 0 saturated heterocycles. The molecule has 21 heavy (non-hydrogen) atoms. The summed E-state index contributed by atoms with van der Waals surface area (Å²) in [6.45, 7) is 2.03. The predicted octanol–water partition coefficient (Wildman–Crippen LogP) is 4.31. The van der Waals surface area contributed by atoms with Gasteiger partial charge in [-0.1, -0.05) is 18.7 Å². The summed E-state index contributed by atoms with van der Waals surface area (Å²) in [6, 6.07) is 3.77. The molecule has 0 aliphatic rings. The molecule has 0 amide bonds. The minimum atomic E-state index is -4.21. The summed E-state index contributed by atoms with van der Waals surface area (Å²) in [4.78, 5) is 13.4. The number of hydrogen-bond donors (Lipinski definition) is 0. The summed E-state index contributed by atoms with van der Waals surface area (Å²) in [6.07, 6.45) is 0.252. The summed E-state index contributed by atoms with van der Waals surface area (Å²) in [5.41, 5.74) is 1.26. The van der Waals surface area contributed by atoms with Gasteiger partial charge in [-0.2, -0.15) is 13.2 Å². The fourth-order valence-corrected chi connectivity index (χ4v) is 2.87. The first kappa shape index (κ1) is 16.1. The van der Waals surface area contributed by atoms with Crippen molar-refractivity contribution in [3.63, 3.8) is 0 Å². The molecule has 0 radical (unpaired) electrons. The maximum absolute atomic E-state index is 12.1. The van der Waals surface area contributed by atoms with Gasteiger partial charge in [0, 0.05) is 11.1 Å². The van der Waals surface area contributed by atoms with Gasteiger partial charge in [0.15, 0.2) is 0 Å². The van der Waals surface area contributed by atoms with Gasteiger partial charge >= 0.3 is 6.18 Å². The highest BCUT2D eigenvalue weighted by Gasteiger charge is 2.27. The van der Waals surface area contributed by atoms with Crippen molar-refractivity contribution >= 4 is 23.5 Å². The van der Waals surface area contributed by atoms with Crippen LogP contribution in [0.2, 0.25) is 0 Å². The predicted molar refractivity (Wildman–Crippen MR) is 78.4 cm³/mol. The fourth-order valence-electron chi connectivity index (χ4n) is 1.52. The van der Waals surface area contributed by atoms with Gasteiger partial charge in [-0.25, -0.2) is 4.98 Å². The second kappa shape index (κ2) is 7.13. The van der Waals surface area contributed by atoms with Gasteiger partial charge in [0.2, 0.25) is 0 Å². The molecule has 3 nitrogen and oxygen atoms in total. The van der Waals surface area contributed by atoms with Crippen molar-refractivity contribution in [1.29, 1.82) is 0 Å². The van der Waals surface area contributed by atoms with Crippen molar-refractivity contribution in [3.8, 4) is 11.4 Å². The van der Waals surface area contributed by atoms with Crippen molar-refractivity contribution in [2.45, 2.75) is 23.0 Å². The summed E-state index contributed by atoms with van der Waals surface area (Å²) in [5, 5.41) is 0.247. The van der Waals surface area contributed by atoms with Crippen LogP contribution in [0.1, 0.15) is 6.92 Å². The van der Waals surface area contributed by atoms with Crippen molar-refractivity contribution in [1.82, 2.24) is 15.0 Å². The fraction of sp³-hybridized carbons (Fsp3) is 0.308. The molecule has 0 spiro atoms. The van der Waals surface area contributed by atoms with Crippen LogP contribution in [0.15, 0.2) is 40.6 Å². The van der Waals surface area contributed by atoms with Crippen LogP contribution < -0.4 is 0 Å². The van der Waals surface area contributed by atoms with Crippen LogP contribution in [0.25, 0.3) is 11.4 Å². The molecule has 8 heteroatoms. The maximum Gasteiger partial charge on any atom is 0.398 e. The highest BCUT2D eigenvalue weighted by molar-refractivity contribution is 7.99. The van der Waals surface area contributed by atoms with Crippen molar-refractivity contribution in [3.05, 3.63) is 30.7 Å². The Morgan fingerprint density at radius 2 is 1.90 bits per heavy atom. The quantitative estimate of drug-likeness (QED) is 0.764. The summed E-state index contributed by atoms with van der Waals surface area (Å²) in [5.74, 6) is -0.0762. The van der Waals surface area contributed by atoms with Crippen LogP contribution in [0.3, 0.4) is 0 Å². The molecule has 112 valence electrons. The van der Waals surface area contributed by atoms with Crippen LogP contribution in [0, 0.1) is 0 Å². The number of hydrogen-bond acceptors (Lipinski definition) is 5. The molecule has 2 rings (SSSR count). The van der Waals surface area contributed by atoms with Gasteiger partial charge in [0.25, 0.3) is 0 Å². The number of alkyl halides is 3. The van der Waals surface area contributed by atoms with Gasteiger partial charge in [-0.3, -0.25) is 9.97 Å². The smallest absolute Gasteiger partial charge is 0.253 e. The van der Waals surface area contributed by atoms with Crippen molar-refractivity contribution in [2.75, 3.05) is 11.5 Å². The van der Waals surface area contributed by atoms with Gasteiger partial charge in [0.05, 0.1) is 18.1 Å². The lowest BCUT2D eigenvalue weighted by Gasteiger charge is -2.07. The van der Waals surface area contributed by atoms with E-state index in [1.165, 1.54) is 12.4 Å². The molecule has 0 fully saturated rings. The maximum atomic E-state index is 12.1. The van der Waals surface area contributed by atoms with E-state index in [0.29, 0.717) is 23.1 Å². The molecule has 2 aromatic rings. The molecule has 0 saturated carbocycles. The second-order valence-electron chi connectivity index (χ2n) is 3.93. The van der Waals surface area contributed by atoms with E-state index in [-0.39, 0.29) is 5.03 Å². The first-order valence-corrected chi connectivity index (χ1v) is 8.06. The lowest BCUT2D eigenvalue weighted by Crippen LogP contribution is -2.10. The lowest BCUT2D eigenvalue weighted by molar-refractivity contribution is -0.105. The first-order valence-electron chi connectivity index (χ1n) is 6.09. The van der Waals surface area contributed by atoms with Crippen LogP contribution >= 0.6 is 23.5 Å². The number of nitrogens with zero attached hydrogens (tertiary/aromatic N) is 3. The minimum absolute atomic E-state index is 0.247. The molecule has 0 aromatic carbocycles. The Bertz CT molecular complexity index is 588. The number of aromatic nitrogens is 3. The molecule has 0 unspecified atom stereocenters. The van der Waals surface area contributed by atoms with E-state index < -0.39 is 11.9 Å². The summed E-state index contributed by atoms with van der Waals surface area (Å²) >= 11 is 2.25. The molecule has 0 atom stereocenters. The average molecular weight is 331 g/mol. The number of halogens is 3. The first-order chi connectivity index (χ1) is 9.99. The normalized spacial score (nSPS) is 11.6. The Hall–Kier alpha value is -1.28. The van der Waals surface area contributed by atoms with Gasteiger partial charge in [-0.15, -0.1) is 11.8 Å². The monoisotopic (exact) mass is 331 g/mol. The average Bonchev–Trinajstić information content (AvgIpc) is 2.46. The van der Waals surface area contributed by atoms with Gasteiger partial charge in [-0.05, 0) is 17.9 Å². The molecule has 0 aliphatic heterocycles. The zero-order chi connectivity index (χ0) is 15.3. The Balaban J connectivity index is 2.15. The molecule has 2 aromatic heterocycles. The Kier molecular flexibility index (Phi) is 5.46. The van der Waals surface area contributed by atoms with Crippen LogP contribution in [0.4, 0.5) is 13.2 Å². The Labute approximate surface area is 128 Å². The van der Waals surface area contributed by atoms with Crippen LogP contribution in [-0.4, -0.2) is 32.6 Å². The number of rotatable bonds is 5. The van der Waals surface area contributed by atoms with E-state index >= 15 is 0 Å². The molecular weight excluding hydrogens is 319 g/mol. The second-order valence-corrected chi connectivity index (χ2v) is 6.23. The molecule has 2 heterocycles. The van der Waals surface area contributed by atoms with E-state index in [1.54, 1.807) is 18.0 Å². The third-order valence-electron chi connectivity index (χ3n) is 2.33. The third kappa shape index (κ3) is 4.89. The van der Waals surface area contributed by atoms with Crippen LogP contribution in [-0.2, 0) is 0 Å². The molecule has 0 aliphatic carbocycles. The van der Waals surface area contributed by atoms with E-state index in [0.717, 1.165) is 10.6 Å². The van der Waals surface area contributed by atoms with E-state index in [4.69, 9.17) is 0 Å². The van der Waals surface area contributed by atoms with Crippen molar-refractivity contribution < 1.29 is 13.2 Å². The number of thioether (sulfide) groups is 2. The highest BCUT2D eigenvalue weighted by atomic mass is 32.2. The minimum Gasteiger partial charge on any atom is -0.253 e. The van der Waals surface area contributed by atoms with Gasteiger partial charge < -0.3 is 0 Å². The zero-order valence-electron chi connectivity index (χ0n) is 11.1. The largest absolute Gasteiger partial charge is 0.398 e. The number of pyridine rings is 1. The van der Waals surface area contributed by atoms with E-state index in [2.05, 4.69) is 15.0 Å². The third-order valence-corrected chi connectivity index (χ3v) is 4.23. The SMILES string of the molecule is CCSc1cccnc1-c1cnc(SCC(F)(F)F)cn1. The standard InChI is InChI=1S/C13H12F3N3S2/c1-2-20-10-4-3-5-17-12(10)9-6-19-11(7-18-9)21-8-13(14,15)16/h3-7H,2,8H2,1H3. The highest BCUT2D eigenvalue weighted by Crippen LogP contribution is 2.29. The van der Waals surface area contributed by atoms with Crippen LogP contribution in [0.5, 0.6) is 0 Å². The van der Waals surface area contributed by atoms with Crippen molar-refractivity contribution in [2.24, 2.45) is 0 Å². The Morgan fingerprint density at radius 3 is 2.52 bits per heavy atom. The summed E-state index contributed by atoms with van der Waals surface area (Å²) in [7, 11) is 0.